The fraction of sp³-hybridized carbons (Fsp3) is 0.333. The van der Waals surface area contributed by atoms with Gasteiger partial charge in [-0.1, -0.05) is 32.9 Å². The van der Waals surface area contributed by atoms with Crippen molar-refractivity contribution in [1.29, 1.82) is 0 Å². The number of rotatable bonds is 6. The van der Waals surface area contributed by atoms with E-state index in [0.29, 0.717) is 23.5 Å². The number of esters is 2. The summed E-state index contributed by atoms with van der Waals surface area (Å²) >= 11 is 0. The molecule has 2 rings (SSSR count). The van der Waals surface area contributed by atoms with Crippen LogP contribution in [0.2, 0.25) is 0 Å². The molecule has 0 radical (unpaired) electrons. The van der Waals surface area contributed by atoms with Gasteiger partial charge in [0.25, 0.3) is 0 Å². The first kappa shape index (κ1) is 19.7. The van der Waals surface area contributed by atoms with Crippen LogP contribution in [0.4, 0.5) is 0 Å². The second-order valence-corrected chi connectivity index (χ2v) is 6.87. The first-order valence-electron chi connectivity index (χ1n) is 8.40. The van der Waals surface area contributed by atoms with Gasteiger partial charge in [-0.3, -0.25) is 0 Å². The maximum absolute atomic E-state index is 12.2. The van der Waals surface area contributed by atoms with Gasteiger partial charge < -0.3 is 14.2 Å². The zero-order valence-corrected chi connectivity index (χ0v) is 15.6. The molecule has 5 heteroatoms. The number of hydrogen-bond acceptors (Lipinski definition) is 5. The van der Waals surface area contributed by atoms with Crippen molar-refractivity contribution >= 4 is 11.9 Å². The Kier molecular flexibility index (Phi) is 6.52. The zero-order chi connectivity index (χ0) is 19.2. The molecule has 0 fully saturated rings. The fourth-order valence-corrected chi connectivity index (χ4v) is 2.23. The van der Waals surface area contributed by atoms with Crippen molar-refractivity contribution < 1.29 is 23.8 Å². The molecule has 0 aliphatic rings. The van der Waals surface area contributed by atoms with Gasteiger partial charge in [-0.15, -0.1) is 0 Å². The molecule has 2 aromatic carbocycles. The summed E-state index contributed by atoms with van der Waals surface area (Å²) in [7, 11) is 1.54. The maximum atomic E-state index is 12.2. The van der Waals surface area contributed by atoms with E-state index in [1.165, 1.54) is 7.11 Å². The third-order valence-electron chi connectivity index (χ3n) is 3.81. The summed E-state index contributed by atoms with van der Waals surface area (Å²) in [5.74, 6) is -0.526. The molecule has 138 valence electrons. The number of benzene rings is 2. The molecule has 0 atom stereocenters. The molecule has 0 bridgehead atoms. The van der Waals surface area contributed by atoms with Gasteiger partial charge in [0.2, 0.25) is 0 Å². The van der Waals surface area contributed by atoms with Crippen LogP contribution in [0, 0.1) is 0 Å². The lowest BCUT2D eigenvalue weighted by molar-refractivity contribution is 0.0388. The van der Waals surface area contributed by atoms with Gasteiger partial charge in [0.1, 0.15) is 12.4 Å². The van der Waals surface area contributed by atoms with E-state index in [9.17, 15) is 9.59 Å². The molecule has 0 saturated heterocycles. The van der Waals surface area contributed by atoms with E-state index in [-0.39, 0.29) is 12.0 Å². The highest BCUT2D eigenvalue weighted by atomic mass is 16.6. The summed E-state index contributed by atoms with van der Waals surface area (Å²) in [4.78, 5) is 24.0. The largest absolute Gasteiger partial charge is 0.460 e. The minimum atomic E-state index is -0.447. The molecule has 0 N–H and O–H groups in total. The highest BCUT2D eigenvalue weighted by Gasteiger charge is 2.15. The predicted octanol–water partition coefficient (Wildman–Crippen LogP) is 4.01. The first-order chi connectivity index (χ1) is 12.3. The average Bonchev–Trinajstić information content (AvgIpc) is 2.62. The van der Waals surface area contributed by atoms with Crippen LogP contribution in [-0.2, 0) is 14.9 Å². The third kappa shape index (κ3) is 5.43. The molecule has 0 spiro atoms. The molecule has 0 saturated carbocycles. The van der Waals surface area contributed by atoms with Crippen molar-refractivity contribution in [3.8, 4) is 5.75 Å². The van der Waals surface area contributed by atoms with Gasteiger partial charge in [0.05, 0.1) is 17.7 Å². The predicted molar refractivity (Wildman–Crippen MR) is 98.7 cm³/mol. The van der Waals surface area contributed by atoms with E-state index in [1.54, 1.807) is 36.4 Å². The SMILES string of the molecule is COCCOC(=O)c1ccc(OC(=O)c2ccc(C(C)(C)C)cc2)cc1. The summed E-state index contributed by atoms with van der Waals surface area (Å²) in [6, 6.07) is 13.6. The lowest BCUT2D eigenvalue weighted by atomic mass is 9.87. The molecule has 0 aliphatic heterocycles. The standard InChI is InChI=1S/C21H24O5/c1-21(2,3)17-9-5-16(6-10-17)20(23)26-18-11-7-15(8-12-18)19(22)25-14-13-24-4/h5-12H,13-14H2,1-4H3. The first-order valence-corrected chi connectivity index (χ1v) is 8.40. The monoisotopic (exact) mass is 356 g/mol. The van der Waals surface area contributed by atoms with Crippen molar-refractivity contribution in [1.82, 2.24) is 0 Å². The summed E-state index contributed by atoms with van der Waals surface area (Å²) in [5.41, 5.74) is 2.03. The second-order valence-electron chi connectivity index (χ2n) is 6.87. The highest BCUT2D eigenvalue weighted by Crippen LogP contribution is 2.22. The summed E-state index contributed by atoms with van der Waals surface area (Å²) in [6.45, 7) is 6.87. The number of methoxy groups -OCH3 is 1. The Bertz CT molecular complexity index is 739. The Morgan fingerprint density at radius 2 is 1.35 bits per heavy atom. The normalized spacial score (nSPS) is 11.1. The van der Waals surface area contributed by atoms with Crippen molar-refractivity contribution in [3.05, 3.63) is 65.2 Å². The van der Waals surface area contributed by atoms with Crippen LogP contribution in [0.5, 0.6) is 5.75 Å². The molecular formula is C21H24O5. The van der Waals surface area contributed by atoms with Crippen LogP contribution in [0.15, 0.2) is 48.5 Å². The van der Waals surface area contributed by atoms with E-state index in [1.807, 2.05) is 12.1 Å². The summed E-state index contributed by atoms with van der Waals surface area (Å²) in [5, 5.41) is 0. The summed E-state index contributed by atoms with van der Waals surface area (Å²) < 4.78 is 15.2. The topological polar surface area (TPSA) is 61.8 Å². The molecule has 0 unspecified atom stereocenters. The van der Waals surface area contributed by atoms with Crippen molar-refractivity contribution in [3.63, 3.8) is 0 Å². The number of carbonyl (C=O) groups excluding carboxylic acids is 2. The lowest BCUT2D eigenvalue weighted by Gasteiger charge is -2.18. The van der Waals surface area contributed by atoms with E-state index in [0.717, 1.165) is 5.56 Å². The van der Waals surface area contributed by atoms with Crippen LogP contribution in [0.3, 0.4) is 0 Å². The molecule has 0 heterocycles. The van der Waals surface area contributed by atoms with Gasteiger partial charge in [-0.05, 0) is 47.4 Å². The number of carbonyl (C=O) groups is 2. The van der Waals surface area contributed by atoms with E-state index in [2.05, 4.69) is 20.8 Å². The van der Waals surface area contributed by atoms with Crippen LogP contribution < -0.4 is 4.74 Å². The molecular weight excluding hydrogens is 332 g/mol. The lowest BCUT2D eigenvalue weighted by Crippen LogP contribution is -2.13. The molecule has 0 aliphatic carbocycles. The Balaban J connectivity index is 1.98. The van der Waals surface area contributed by atoms with Gasteiger partial charge in [0.15, 0.2) is 0 Å². The smallest absolute Gasteiger partial charge is 0.343 e. The maximum Gasteiger partial charge on any atom is 0.343 e. The van der Waals surface area contributed by atoms with Crippen LogP contribution in [0.1, 0.15) is 47.1 Å². The minimum Gasteiger partial charge on any atom is -0.460 e. The fourth-order valence-electron chi connectivity index (χ4n) is 2.23. The van der Waals surface area contributed by atoms with Gasteiger partial charge >= 0.3 is 11.9 Å². The Labute approximate surface area is 153 Å². The molecule has 26 heavy (non-hydrogen) atoms. The van der Waals surface area contributed by atoms with Crippen LogP contribution in [-0.4, -0.2) is 32.3 Å². The highest BCUT2D eigenvalue weighted by molar-refractivity contribution is 5.92. The van der Waals surface area contributed by atoms with E-state index in [4.69, 9.17) is 14.2 Å². The van der Waals surface area contributed by atoms with E-state index >= 15 is 0 Å². The summed E-state index contributed by atoms with van der Waals surface area (Å²) in [6.07, 6.45) is 0. The molecule has 0 aromatic heterocycles. The molecule has 5 nitrogen and oxygen atoms in total. The molecule has 0 amide bonds. The van der Waals surface area contributed by atoms with E-state index < -0.39 is 11.9 Å². The molecule has 2 aromatic rings. The van der Waals surface area contributed by atoms with Gasteiger partial charge in [-0.25, -0.2) is 9.59 Å². The Morgan fingerprint density at radius 3 is 1.88 bits per heavy atom. The number of ether oxygens (including phenoxy) is 3. The van der Waals surface area contributed by atoms with Crippen molar-refractivity contribution in [2.45, 2.75) is 26.2 Å². The van der Waals surface area contributed by atoms with Gasteiger partial charge in [0, 0.05) is 7.11 Å². The van der Waals surface area contributed by atoms with Gasteiger partial charge in [-0.2, -0.15) is 0 Å². The Hall–Kier alpha value is -2.66. The van der Waals surface area contributed by atoms with Crippen LogP contribution in [0.25, 0.3) is 0 Å². The number of hydrogen-bond donors (Lipinski definition) is 0. The van der Waals surface area contributed by atoms with Crippen molar-refractivity contribution in [2.75, 3.05) is 20.3 Å². The zero-order valence-electron chi connectivity index (χ0n) is 15.6. The average molecular weight is 356 g/mol. The van der Waals surface area contributed by atoms with Crippen molar-refractivity contribution in [2.24, 2.45) is 0 Å². The minimum absolute atomic E-state index is 0.0239. The second kappa shape index (κ2) is 8.63. The Morgan fingerprint density at radius 1 is 0.808 bits per heavy atom. The third-order valence-corrected chi connectivity index (χ3v) is 3.81. The quantitative estimate of drug-likeness (QED) is 0.445. The van der Waals surface area contributed by atoms with Crippen LogP contribution >= 0.6 is 0 Å².